The van der Waals surface area contributed by atoms with Gasteiger partial charge in [-0.3, -0.25) is 4.79 Å². The number of nitrogens with one attached hydrogen (secondary N) is 1. The van der Waals surface area contributed by atoms with Gasteiger partial charge < -0.3 is 15.2 Å². The zero-order chi connectivity index (χ0) is 13.8. The minimum absolute atomic E-state index is 0.0448. The maximum absolute atomic E-state index is 12.0. The van der Waals surface area contributed by atoms with Gasteiger partial charge >= 0.3 is 0 Å². The van der Waals surface area contributed by atoms with Crippen molar-refractivity contribution in [3.8, 4) is 11.5 Å². The number of ether oxygens (including phenoxy) is 1. The maximum atomic E-state index is 12.0. The molecule has 0 aromatic heterocycles. The number of amides is 1. The van der Waals surface area contributed by atoms with Crippen LogP contribution in [0.2, 0.25) is 0 Å². The van der Waals surface area contributed by atoms with Crippen LogP contribution in [0.15, 0.2) is 18.2 Å². The van der Waals surface area contributed by atoms with E-state index in [4.69, 9.17) is 4.74 Å². The monoisotopic (exact) mass is 263 g/mol. The Morgan fingerprint density at radius 1 is 1.47 bits per heavy atom. The van der Waals surface area contributed by atoms with Crippen molar-refractivity contribution in [3.05, 3.63) is 23.8 Å². The summed E-state index contributed by atoms with van der Waals surface area (Å²) in [6, 6.07) is 4.71. The molecule has 4 nitrogen and oxygen atoms in total. The second kappa shape index (κ2) is 5.95. The fourth-order valence-corrected chi connectivity index (χ4v) is 2.67. The molecule has 0 aliphatic heterocycles. The van der Waals surface area contributed by atoms with Crippen molar-refractivity contribution in [3.63, 3.8) is 0 Å². The number of phenols is 1. The molecule has 19 heavy (non-hydrogen) atoms. The van der Waals surface area contributed by atoms with Crippen LogP contribution < -0.4 is 10.1 Å². The van der Waals surface area contributed by atoms with Crippen LogP contribution in [0.4, 0.5) is 0 Å². The average molecular weight is 263 g/mol. The third kappa shape index (κ3) is 3.40. The summed E-state index contributed by atoms with van der Waals surface area (Å²) in [5, 5.41) is 12.7. The predicted octanol–water partition coefficient (Wildman–Crippen LogP) is 2.57. The Balaban J connectivity index is 1.92. The van der Waals surface area contributed by atoms with Crippen LogP contribution >= 0.6 is 0 Å². The van der Waals surface area contributed by atoms with E-state index in [9.17, 15) is 9.90 Å². The molecule has 0 radical (unpaired) electrons. The number of carbonyl (C=O) groups is 1. The van der Waals surface area contributed by atoms with Gasteiger partial charge in [-0.1, -0.05) is 13.3 Å². The number of hydrogen-bond donors (Lipinski definition) is 2. The normalized spacial score (nSPS) is 22.2. The Morgan fingerprint density at radius 3 is 2.84 bits per heavy atom. The van der Waals surface area contributed by atoms with Crippen LogP contribution in [-0.2, 0) is 0 Å². The van der Waals surface area contributed by atoms with Crippen LogP contribution in [0, 0.1) is 11.8 Å². The lowest BCUT2D eigenvalue weighted by Crippen LogP contribution is -2.28. The first-order chi connectivity index (χ1) is 9.10. The molecule has 1 aromatic rings. The quantitative estimate of drug-likeness (QED) is 0.877. The van der Waals surface area contributed by atoms with Gasteiger partial charge in [0.05, 0.1) is 12.7 Å². The molecule has 2 atom stereocenters. The molecule has 0 saturated heterocycles. The number of rotatable bonds is 4. The van der Waals surface area contributed by atoms with E-state index in [0.717, 1.165) is 5.92 Å². The van der Waals surface area contributed by atoms with Gasteiger partial charge in [-0.05, 0) is 36.8 Å². The van der Waals surface area contributed by atoms with Crippen molar-refractivity contribution < 1.29 is 14.6 Å². The number of methoxy groups -OCH3 is 1. The summed E-state index contributed by atoms with van der Waals surface area (Å²) in [4.78, 5) is 12.0. The summed E-state index contributed by atoms with van der Waals surface area (Å²) in [6.45, 7) is 2.94. The van der Waals surface area contributed by atoms with E-state index in [2.05, 4.69) is 12.2 Å². The average Bonchev–Trinajstić information content (AvgIpc) is 2.81. The molecule has 1 amide bonds. The lowest BCUT2D eigenvalue weighted by atomic mass is 10.1. The largest absolute Gasteiger partial charge is 0.507 e. The first-order valence-corrected chi connectivity index (χ1v) is 6.75. The summed E-state index contributed by atoms with van der Waals surface area (Å²) in [6.07, 6.45) is 3.60. The van der Waals surface area contributed by atoms with Crippen molar-refractivity contribution in [2.75, 3.05) is 13.7 Å². The number of hydrogen-bond acceptors (Lipinski definition) is 3. The van der Waals surface area contributed by atoms with Crippen LogP contribution in [0.5, 0.6) is 11.5 Å². The number of benzene rings is 1. The molecule has 1 aliphatic rings. The van der Waals surface area contributed by atoms with Gasteiger partial charge in [0.15, 0.2) is 0 Å². The molecule has 104 valence electrons. The molecule has 1 fully saturated rings. The van der Waals surface area contributed by atoms with E-state index >= 15 is 0 Å². The van der Waals surface area contributed by atoms with Gasteiger partial charge in [-0.25, -0.2) is 0 Å². The molecular weight excluding hydrogens is 242 g/mol. The highest BCUT2D eigenvalue weighted by Crippen LogP contribution is 2.30. The van der Waals surface area contributed by atoms with Crippen molar-refractivity contribution >= 4 is 5.91 Å². The first-order valence-electron chi connectivity index (χ1n) is 6.75. The fraction of sp³-hybridized carbons (Fsp3) is 0.533. The molecule has 2 unspecified atom stereocenters. The lowest BCUT2D eigenvalue weighted by molar-refractivity contribution is 0.0944. The summed E-state index contributed by atoms with van der Waals surface area (Å²) >= 11 is 0. The molecule has 2 rings (SSSR count). The second-order valence-corrected chi connectivity index (χ2v) is 5.38. The van der Waals surface area contributed by atoms with Gasteiger partial charge in [-0.15, -0.1) is 0 Å². The molecule has 2 N–H and O–H groups in total. The minimum atomic E-state index is -0.222. The van der Waals surface area contributed by atoms with Crippen LogP contribution in [0.3, 0.4) is 0 Å². The standard InChI is InChI=1S/C15H21NO3/c1-10-3-4-11(7-10)9-16-15(18)13-6-5-12(19-2)8-14(13)17/h5-6,8,10-11,17H,3-4,7,9H2,1-2H3,(H,16,18). The Morgan fingerprint density at radius 2 is 2.26 bits per heavy atom. The summed E-state index contributed by atoms with van der Waals surface area (Å²) in [7, 11) is 1.52. The maximum Gasteiger partial charge on any atom is 0.255 e. The second-order valence-electron chi connectivity index (χ2n) is 5.38. The van der Waals surface area contributed by atoms with Gasteiger partial charge in [0.25, 0.3) is 5.91 Å². The fourth-order valence-electron chi connectivity index (χ4n) is 2.67. The minimum Gasteiger partial charge on any atom is -0.507 e. The van der Waals surface area contributed by atoms with E-state index in [1.165, 1.54) is 32.4 Å². The molecule has 4 heteroatoms. The highest BCUT2D eigenvalue weighted by atomic mass is 16.5. The molecule has 1 aliphatic carbocycles. The lowest BCUT2D eigenvalue weighted by Gasteiger charge is -2.12. The van der Waals surface area contributed by atoms with Crippen molar-refractivity contribution in [1.29, 1.82) is 0 Å². The highest BCUT2D eigenvalue weighted by Gasteiger charge is 2.22. The van der Waals surface area contributed by atoms with E-state index in [-0.39, 0.29) is 11.7 Å². The molecule has 1 saturated carbocycles. The van der Waals surface area contributed by atoms with E-state index in [1.54, 1.807) is 12.1 Å². The zero-order valence-corrected chi connectivity index (χ0v) is 11.5. The third-order valence-electron chi connectivity index (χ3n) is 3.80. The molecule has 1 aromatic carbocycles. The van der Waals surface area contributed by atoms with Crippen molar-refractivity contribution in [2.24, 2.45) is 11.8 Å². The number of phenolic OH excluding ortho intramolecular Hbond substituents is 1. The molecule has 0 spiro atoms. The van der Waals surface area contributed by atoms with E-state index in [0.29, 0.717) is 23.8 Å². The molecule has 0 bridgehead atoms. The predicted molar refractivity (Wildman–Crippen MR) is 73.5 cm³/mol. The summed E-state index contributed by atoms with van der Waals surface area (Å²) < 4.78 is 4.99. The summed E-state index contributed by atoms with van der Waals surface area (Å²) in [5.41, 5.74) is 0.298. The smallest absolute Gasteiger partial charge is 0.255 e. The van der Waals surface area contributed by atoms with Crippen LogP contribution in [0.1, 0.15) is 36.5 Å². The van der Waals surface area contributed by atoms with Crippen molar-refractivity contribution in [1.82, 2.24) is 5.32 Å². The molecule has 0 heterocycles. The van der Waals surface area contributed by atoms with E-state index < -0.39 is 0 Å². The van der Waals surface area contributed by atoms with Gasteiger partial charge in [0, 0.05) is 12.6 Å². The van der Waals surface area contributed by atoms with E-state index in [1.807, 2.05) is 0 Å². The Hall–Kier alpha value is -1.71. The number of carbonyl (C=O) groups excluding carboxylic acids is 1. The topological polar surface area (TPSA) is 58.6 Å². The Labute approximate surface area is 113 Å². The van der Waals surface area contributed by atoms with Crippen LogP contribution in [0.25, 0.3) is 0 Å². The Bertz CT molecular complexity index is 459. The zero-order valence-electron chi connectivity index (χ0n) is 11.5. The highest BCUT2D eigenvalue weighted by molar-refractivity contribution is 5.97. The molecular formula is C15H21NO3. The number of aromatic hydroxyl groups is 1. The first kappa shape index (κ1) is 13.7. The Kier molecular flexibility index (Phi) is 4.30. The summed E-state index contributed by atoms with van der Waals surface area (Å²) in [5.74, 6) is 1.60. The van der Waals surface area contributed by atoms with Gasteiger partial charge in [0.1, 0.15) is 11.5 Å². The third-order valence-corrected chi connectivity index (χ3v) is 3.80. The van der Waals surface area contributed by atoms with Crippen molar-refractivity contribution in [2.45, 2.75) is 26.2 Å². The SMILES string of the molecule is COc1ccc(C(=O)NCC2CCC(C)C2)c(O)c1. The van der Waals surface area contributed by atoms with Gasteiger partial charge in [-0.2, -0.15) is 0 Å². The van der Waals surface area contributed by atoms with Gasteiger partial charge in [0.2, 0.25) is 0 Å². The van der Waals surface area contributed by atoms with Crippen LogP contribution in [-0.4, -0.2) is 24.7 Å².